The molecule has 31 heavy (non-hydrogen) atoms. The molecule has 0 aliphatic heterocycles. The zero-order valence-electron chi connectivity index (χ0n) is 17.0. The first kappa shape index (κ1) is 22.0. The first-order chi connectivity index (χ1) is 14.8. The molecule has 1 heterocycles. The number of halogens is 1. The highest BCUT2D eigenvalue weighted by Gasteiger charge is 2.22. The number of rotatable bonds is 6. The van der Waals surface area contributed by atoms with E-state index in [9.17, 15) is 14.4 Å². The Kier molecular flexibility index (Phi) is 7.04. The molecule has 1 aromatic heterocycles. The molecule has 160 valence electrons. The highest BCUT2D eigenvalue weighted by atomic mass is 35.5. The molecule has 3 rings (SSSR count). The van der Waals surface area contributed by atoms with Gasteiger partial charge in [0.1, 0.15) is 10.7 Å². The molecule has 0 saturated heterocycles. The Bertz CT molecular complexity index is 1090. The molecule has 2 amide bonds. The fourth-order valence-electron chi connectivity index (χ4n) is 2.78. The molecule has 3 aromatic rings. The Morgan fingerprint density at radius 1 is 1.00 bits per heavy atom. The molecule has 0 unspecified atom stereocenters. The van der Waals surface area contributed by atoms with Gasteiger partial charge in [0.15, 0.2) is 6.61 Å². The van der Waals surface area contributed by atoms with E-state index in [4.69, 9.17) is 16.3 Å². The summed E-state index contributed by atoms with van der Waals surface area (Å²) in [5, 5.41) is 4.42. The lowest BCUT2D eigenvalue weighted by atomic mass is 10.1. The highest BCUT2D eigenvalue weighted by molar-refractivity contribution is 6.32. The fourth-order valence-corrected chi connectivity index (χ4v) is 3.10. The smallest absolute Gasteiger partial charge is 0.343 e. The minimum Gasteiger partial charge on any atom is -0.452 e. The fraction of sp³-hybridized carbons (Fsp3) is 0.182. The minimum absolute atomic E-state index is 0.0925. The molecule has 0 fully saturated rings. The number of esters is 1. The molecule has 0 aliphatic carbocycles. The van der Waals surface area contributed by atoms with Gasteiger partial charge in [-0.05, 0) is 31.5 Å². The monoisotopic (exact) mass is 440 g/mol. The van der Waals surface area contributed by atoms with Crippen LogP contribution >= 0.6 is 11.6 Å². The summed E-state index contributed by atoms with van der Waals surface area (Å²) in [7, 11) is 0. The molecule has 8 nitrogen and oxygen atoms in total. The third-order valence-corrected chi connectivity index (χ3v) is 4.79. The zero-order chi connectivity index (χ0) is 22.4. The molecule has 0 radical (unpaired) electrons. The van der Waals surface area contributed by atoms with Gasteiger partial charge in [0, 0.05) is 5.56 Å². The van der Waals surface area contributed by atoms with Gasteiger partial charge in [0.25, 0.3) is 11.8 Å². The average Bonchev–Trinajstić information content (AvgIpc) is 3.05. The van der Waals surface area contributed by atoms with Gasteiger partial charge in [-0.2, -0.15) is 5.10 Å². The third-order valence-electron chi connectivity index (χ3n) is 4.41. The van der Waals surface area contributed by atoms with Crippen LogP contribution in [0.15, 0.2) is 54.6 Å². The topological polar surface area (TPSA) is 102 Å². The quantitative estimate of drug-likeness (QED) is 0.453. The standard InChI is InChI=1S/C22H21ClN4O4/c1-14-8-10-16(11-9-14)12-27-20(23)19(15(2)26-27)22(30)31-13-18(28)24-25-21(29)17-6-4-3-5-7-17/h3-11H,12-13H2,1-2H3,(H,24,28)(H,25,29). The second kappa shape index (κ2) is 9.90. The summed E-state index contributed by atoms with van der Waals surface area (Å²) in [5.41, 5.74) is 7.41. The van der Waals surface area contributed by atoms with Crippen LogP contribution < -0.4 is 10.9 Å². The summed E-state index contributed by atoms with van der Waals surface area (Å²) in [5.74, 6) is -1.96. The molecule has 2 aromatic carbocycles. The predicted octanol–water partition coefficient (Wildman–Crippen LogP) is 2.82. The van der Waals surface area contributed by atoms with Crippen LogP contribution in [0, 0.1) is 13.8 Å². The number of amides is 2. The van der Waals surface area contributed by atoms with Crippen LogP contribution in [0.2, 0.25) is 5.15 Å². The lowest BCUT2D eigenvalue weighted by molar-refractivity contribution is -0.125. The zero-order valence-corrected chi connectivity index (χ0v) is 17.8. The second-order valence-corrected chi connectivity index (χ2v) is 7.20. The summed E-state index contributed by atoms with van der Waals surface area (Å²) >= 11 is 6.33. The first-order valence-corrected chi connectivity index (χ1v) is 9.82. The molecule has 0 atom stereocenters. The first-order valence-electron chi connectivity index (χ1n) is 9.45. The van der Waals surface area contributed by atoms with Crippen molar-refractivity contribution in [2.75, 3.05) is 6.61 Å². The maximum atomic E-state index is 12.4. The molecular weight excluding hydrogens is 420 g/mol. The summed E-state index contributed by atoms with van der Waals surface area (Å²) in [4.78, 5) is 36.2. The van der Waals surface area contributed by atoms with E-state index in [1.807, 2.05) is 31.2 Å². The van der Waals surface area contributed by atoms with Crippen molar-refractivity contribution in [2.45, 2.75) is 20.4 Å². The van der Waals surface area contributed by atoms with Crippen LogP contribution in [-0.2, 0) is 16.1 Å². The van der Waals surface area contributed by atoms with Crippen LogP contribution in [0.1, 0.15) is 37.5 Å². The van der Waals surface area contributed by atoms with E-state index < -0.39 is 24.4 Å². The molecule has 0 saturated carbocycles. The van der Waals surface area contributed by atoms with E-state index in [1.165, 1.54) is 4.68 Å². The van der Waals surface area contributed by atoms with Crippen LogP contribution in [0.5, 0.6) is 0 Å². The molecule has 9 heteroatoms. The van der Waals surface area contributed by atoms with E-state index in [0.717, 1.165) is 11.1 Å². The van der Waals surface area contributed by atoms with Crippen molar-refractivity contribution in [1.82, 2.24) is 20.6 Å². The van der Waals surface area contributed by atoms with E-state index in [-0.39, 0.29) is 10.7 Å². The molecule has 2 N–H and O–H groups in total. The van der Waals surface area contributed by atoms with Crippen LogP contribution in [0.4, 0.5) is 0 Å². The van der Waals surface area contributed by atoms with Gasteiger partial charge in [0.2, 0.25) is 0 Å². The Balaban J connectivity index is 1.55. The van der Waals surface area contributed by atoms with Crippen molar-refractivity contribution in [3.8, 4) is 0 Å². The van der Waals surface area contributed by atoms with Crippen LogP contribution in [-0.4, -0.2) is 34.2 Å². The lowest BCUT2D eigenvalue weighted by Crippen LogP contribution is -2.43. The Labute approximate surface area is 184 Å². The summed E-state index contributed by atoms with van der Waals surface area (Å²) in [6.45, 7) is 3.42. The summed E-state index contributed by atoms with van der Waals surface area (Å²) in [6.07, 6.45) is 0. The number of carbonyl (C=O) groups excluding carboxylic acids is 3. The number of carbonyl (C=O) groups is 3. The van der Waals surface area contributed by atoms with Crippen molar-refractivity contribution in [2.24, 2.45) is 0 Å². The number of benzene rings is 2. The van der Waals surface area contributed by atoms with Gasteiger partial charge in [-0.15, -0.1) is 0 Å². The van der Waals surface area contributed by atoms with Crippen molar-refractivity contribution in [3.05, 3.63) is 87.7 Å². The minimum atomic E-state index is -0.776. The number of ether oxygens (including phenoxy) is 1. The van der Waals surface area contributed by atoms with Crippen molar-refractivity contribution >= 4 is 29.4 Å². The Hall–Kier alpha value is -3.65. The summed E-state index contributed by atoms with van der Waals surface area (Å²) in [6, 6.07) is 16.2. The highest BCUT2D eigenvalue weighted by Crippen LogP contribution is 2.22. The Morgan fingerprint density at radius 2 is 1.68 bits per heavy atom. The van der Waals surface area contributed by atoms with Gasteiger partial charge in [-0.1, -0.05) is 59.6 Å². The van der Waals surface area contributed by atoms with Crippen LogP contribution in [0.25, 0.3) is 0 Å². The number of hydrazine groups is 1. The van der Waals surface area contributed by atoms with Gasteiger partial charge in [0.05, 0.1) is 12.2 Å². The second-order valence-electron chi connectivity index (χ2n) is 6.84. The molecule has 0 spiro atoms. The molecule has 0 bridgehead atoms. The van der Waals surface area contributed by atoms with E-state index in [2.05, 4.69) is 16.0 Å². The number of hydrogen-bond acceptors (Lipinski definition) is 5. The maximum absolute atomic E-state index is 12.4. The van der Waals surface area contributed by atoms with Gasteiger partial charge < -0.3 is 4.74 Å². The van der Waals surface area contributed by atoms with E-state index >= 15 is 0 Å². The Morgan fingerprint density at radius 3 is 2.35 bits per heavy atom. The average molecular weight is 441 g/mol. The van der Waals surface area contributed by atoms with E-state index in [0.29, 0.717) is 17.8 Å². The predicted molar refractivity (Wildman–Crippen MR) is 115 cm³/mol. The molecule has 0 aliphatic rings. The summed E-state index contributed by atoms with van der Waals surface area (Å²) < 4.78 is 6.53. The van der Waals surface area contributed by atoms with Gasteiger partial charge >= 0.3 is 5.97 Å². The lowest BCUT2D eigenvalue weighted by Gasteiger charge is -2.08. The largest absolute Gasteiger partial charge is 0.452 e. The number of aromatic nitrogens is 2. The maximum Gasteiger partial charge on any atom is 0.343 e. The number of aryl methyl sites for hydroxylation is 2. The normalized spacial score (nSPS) is 10.4. The number of nitrogens with one attached hydrogen (secondary N) is 2. The van der Waals surface area contributed by atoms with Gasteiger partial charge in [-0.3, -0.25) is 20.4 Å². The SMILES string of the molecule is Cc1ccc(Cn2nc(C)c(C(=O)OCC(=O)NNC(=O)c3ccccc3)c2Cl)cc1. The van der Waals surface area contributed by atoms with Crippen molar-refractivity contribution < 1.29 is 19.1 Å². The number of nitrogens with zero attached hydrogens (tertiary/aromatic N) is 2. The van der Waals surface area contributed by atoms with Gasteiger partial charge in [-0.25, -0.2) is 9.48 Å². The number of hydrogen-bond donors (Lipinski definition) is 2. The van der Waals surface area contributed by atoms with Crippen molar-refractivity contribution in [1.29, 1.82) is 0 Å². The van der Waals surface area contributed by atoms with Crippen LogP contribution in [0.3, 0.4) is 0 Å². The van der Waals surface area contributed by atoms with E-state index in [1.54, 1.807) is 37.3 Å². The van der Waals surface area contributed by atoms with Crippen molar-refractivity contribution in [3.63, 3.8) is 0 Å². The third kappa shape index (κ3) is 5.70. The molecular formula is C22H21ClN4O4.